The van der Waals surface area contributed by atoms with Crippen LogP contribution >= 0.6 is 22.7 Å². The minimum atomic E-state index is 0.914. The van der Waals surface area contributed by atoms with Crippen molar-refractivity contribution in [2.24, 2.45) is 0 Å². The van der Waals surface area contributed by atoms with Gasteiger partial charge < -0.3 is 5.32 Å². The van der Waals surface area contributed by atoms with Crippen LogP contribution in [0.1, 0.15) is 5.69 Å². The molecule has 0 saturated carbocycles. The molecule has 0 spiro atoms. The van der Waals surface area contributed by atoms with Crippen molar-refractivity contribution in [1.29, 1.82) is 0 Å². The average molecular weight is 286 g/mol. The number of benzene rings is 1. The summed E-state index contributed by atoms with van der Waals surface area (Å²) in [6, 6.07) is 14.5. The molecule has 2 heterocycles. The van der Waals surface area contributed by atoms with Crippen LogP contribution in [0.2, 0.25) is 0 Å². The van der Waals surface area contributed by atoms with Gasteiger partial charge in [-0.1, -0.05) is 24.3 Å². The van der Waals surface area contributed by atoms with Crippen molar-refractivity contribution in [2.75, 3.05) is 11.9 Å². The van der Waals surface area contributed by atoms with Gasteiger partial charge in [0.25, 0.3) is 0 Å². The summed E-state index contributed by atoms with van der Waals surface area (Å²) in [6.07, 6.45) is 0.955. The smallest absolute Gasteiger partial charge is 0.133 e. The minimum absolute atomic E-state index is 0.914. The van der Waals surface area contributed by atoms with E-state index in [1.807, 2.05) is 18.2 Å². The molecule has 0 fully saturated rings. The SMILES string of the molecule is c1ccc(NCCc2csc(-c3cccs3)n2)cc1. The summed E-state index contributed by atoms with van der Waals surface area (Å²) in [5.41, 5.74) is 2.33. The van der Waals surface area contributed by atoms with Crippen molar-refractivity contribution in [3.63, 3.8) is 0 Å². The highest BCUT2D eigenvalue weighted by molar-refractivity contribution is 7.20. The molecule has 0 saturated heterocycles. The second-order valence-corrected chi connectivity index (χ2v) is 5.97. The Hall–Kier alpha value is -1.65. The number of thiophene rings is 1. The Labute approximate surface area is 120 Å². The van der Waals surface area contributed by atoms with E-state index >= 15 is 0 Å². The van der Waals surface area contributed by atoms with Crippen LogP contribution in [0.4, 0.5) is 5.69 Å². The van der Waals surface area contributed by atoms with E-state index < -0.39 is 0 Å². The summed E-state index contributed by atoms with van der Waals surface area (Å²) in [5, 5.41) is 8.78. The van der Waals surface area contributed by atoms with Crippen molar-refractivity contribution in [3.05, 3.63) is 58.9 Å². The van der Waals surface area contributed by atoms with Gasteiger partial charge in [-0.2, -0.15) is 0 Å². The first-order valence-corrected chi connectivity index (χ1v) is 7.95. The lowest BCUT2D eigenvalue weighted by molar-refractivity contribution is 0.979. The number of hydrogen-bond acceptors (Lipinski definition) is 4. The van der Waals surface area contributed by atoms with Crippen LogP contribution in [0.15, 0.2) is 53.2 Å². The molecule has 0 amide bonds. The van der Waals surface area contributed by atoms with Crippen LogP contribution in [-0.4, -0.2) is 11.5 Å². The normalized spacial score (nSPS) is 10.5. The summed E-state index contributed by atoms with van der Waals surface area (Å²) in [4.78, 5) is 5.93. The highest BCUT2D eigenvalue weighted by Gasteiger charge is 2.05. The number of thiazole rings is 1. The van der Waals surface area contributed by atoms with E-state index in [-0.39, 0.29) is 0 Å². The van der Waals surface area contributed by atoms with E-state index in [1.54, 1.807) is 22.7 Å². The van der Waals surface area contributed by atoms with Gasteiger partial charge in [-0.15, -0.1) is 22.7 Å². The lowest BCUT2D eigenvalue weighted by Gasteiger charge is -2.03. The highest BCUT2D eigenvalue weighted by atomic mass is 32.1. The third kappa shape index (κ3) is 3.22. The molecule has 0 aliphatic rings. The molecule has 0 unspecified atom stereocenters. The molecule has 2 nitrogen and oxygen atoms in total. The van der Waals surface area contributed by atoms with Gasteiger partial charge in [-0.3, -0.25) is 0 Å². The second kappa shape index (κ2) is 5.99. The van der Waals surface area contributed by atoms with Gasteiger partial charge in [-0.05, 0) is 23.6 Å². The Kier molecular flexibility index (Phi) is 3.91. The molecular formula is C15H14N2S2. The second-order valence-electron chi connectivity index (χ2n) is 4.16. The predicted octanol–water partition coefficient (Wildman–Crippen LogP) is 4.53. The van der Waals surface area contributed by atoms with Crippen LogP contribution in [0, 0.1) is 0 Å². The molecule has 0 bridgehead atoms. The van der Waals surface area contributed by atoms with E-state index in [2.05, 4.69) is 45.3 Å². The Morgan fingerprint density at radius 2 is 1.89 bits per heavy atom. The topological polar surface area (TPSA) is 24.9 Å². The fourth-order valence-electron chi connectivity index (χ4n) is 1.83. The number of hydrogen-bond donors (Lipinski definition) is 1. The molecule has 0 aliphatic carbocycles. The van der Waals surface area contributed by atoms with E-state index in [1.165, 1.54) is 4.88 Å². The van der Waals surface area contributed by atoms with Crippen LogP contribution in [0.3, 0.4) is 0 Å². The summed E-state index contributed by atoms with van der Waals surface area (Å²) in [7, 11) is 0. The van der Waals surface area contributed by atoms with Crippen LogP contribution in [0.5, 0.6) is 0 Å². The van der Waals surface area contributed by atoms with Gasteiger partial charge >= 0.3 is 0 Å². The highest BCUT2D eigenvalue weighted by Crippen LogP contribution is 2.27. The van der Waals surface area contributed by atoms with E-state index in [9.17, 15) is 0 Å². The van der Waals surface area contributed by atoms with Crippen molar-refractivity contribution in [1.82, 2.24) is 4.98 Å². The van der Waals surface area contributed by atoms with Gasteiger partial charge in [-0.25, -0.2) is 4.98 Å². The van der Waals surface area contributed by atoms with Crippen molar-refractivity contribution in [2.45, 2.75) is 6.42 Å². The van der Waals surface area contributed by atoms with Crippen LogP contribution < -0.4 is 5.32 Å². The van der Waals surface area contributed by atoms with Crippen LogP contribution in [-0.2, 0) is 6.42 Å². The molecule has 1 aromatic carbocycles. The zero-order valence-electron chi connectivity index (χ0n) is 10.4. The molecule has 4 heteroatoms. The summed E-state index contributed by atoms with van der Waals surface area (Å²) >= 11 is 3.47. The molecular weight excluding hydrogens is 272 g/mol. The standard InChI is InChI=1S/C15H14N2S2/c1-2-5-12(6-3-1)16-9-8-13-11-19-15(17-13)14-7-4-10-18-14/h1-7,10-11,16H,8-9H2. The zero-order valence-corrected chi connectivity index (χ0v) is 12.0. The van der Waals surface area contributed by atoms with Gasteiger partial charge in [0, 0.05) is 24.0 Å². The Balaban J connectivity index is 1.56. The summed E-state index contributed by atoms with van der Waals surface area (Å²) < 4.78 is 0. The van der Waals surface area contributed by atoms with Gasteiger partial charge in [0.2, 0.25) is 0 Å². The molecule has 0 radical (unpaired) electrons. The van der Waals surface area contributed by atoms with E-state index in [0.29, 0.717) is 0 Å². The number of nitrogens with zero attached hydrogens (tertiary/aromatic N) is 1. The lowest BCUT2D eigenvalue weighted by Crippen LogP contribution is -2.04. The molecule has 1 N–H and O–H groups in total. The maximum absolute atomic E-state index is 4.67. The molecule has 3 aromatic rings. The van der Waals surface area contributed by atoms with Gasteiger partial charge in [0.05, 0.1) is 10.6 Å². The zero-order chi connectivity index (χ0) is 12.9. The fourth-order valence-corrected chi connectivity index (χ4v) is 3.49. The molecule has 3 rings (SSSR count). The first kappa shape index (κ1) is 12.4. The largest absolute Gasteiger partial charge is 0.385 e. The van der Waals surface area contributed by atoms with E-state index in [0.717, 1.165) is 29.4 Å². The van der Waals surface area contributed by atoms with Gasteiger partial charge in [0.15, 0.2) is 0 Å². The number of para-hydroxylation sites is 1. The van der Waals surface area contributed by atoms with Crippen LogP contribution in [0.25, 0.3) is 9.88 Å². The Morgan fingerprint density at radius 1 is 1.00 bits per heavy atom. The third-order valence-electron chi connectivity index (χ3n) is 2.77. The first-order chi connectivity index (χ1) is 9.42. The maximum atomic E-state index is 4.67. The van der Waals surface area contributed by atoms with Crippen molar-refractivity contribution >= 4 is 28.4 Å². The molecule has 19 heavy (non-hydrogen) atoms. The van der Waals surface area contributed by atoms with Crippen molar-refractivity contribution < 1.29 is 0 Å². The molecule has 0 aliphatic heterocycles. The number of anilines is 1. The average Bonchev–Trinajstić information content (AvgIpc) is 3.10. The predicted molar refractivity (Wildman–Crippen MR) is 84.1 cm³/mol. The lowest BCUT2D eigenvalue weighted by atomic mass is 10.3. The Morgan fingerprint density at radius 3 is 2.68 bits per heavy atom. The monoisotopic (exact) mass is 286 g/mol. The minimum Gasteiger partial charge on any atom is -0.385 e. The number of aromatic nitrogens is 1. The maximum Gasteiger partial charge on any atom is 0.133 e. The molecule has 2 aromatic heterocycles. The Bertz CT molecular complexity index is 615. The summed E-state index contributed by atoms with van der Waals surface area (Å²) in [6.45, 7) is 0.914. The first-order valence-electron chi connectivity index (χ1n) is 6.19. The molecule has 0 atom stereocenters. The van der Waals surface area contributed by atoms with E-state index in [4.69, 9.17) is 0 Å². The fraction of sp³-hybridized carbons (Fsp3) is 0.133. The number of rotatable bonds is 5. The molecule has 96 valence electrons. The quantitative estimate of drug-likeness (QED) is 0.745. The summed E-state index contributed by atoms with van der Waals surface area (Å²) in [5.74, 6) is 0. The van der Waals surface area contributed by atoms with Crippen molar-refractivity contribution in [3.8, 4) is 9.88 Å². The third-order valence-corrected chi connectivity index (χ3v) is 4.70. The number of nitrogens with one attached hydrogen (secondary N) is 1. The van der Waals surface area contributed by atoms with Gasteiger partial charge in [0.1, 0.15) is 5.01 Å².